The summed E-state index contributed by atoms with van der Waals surface area (Å²) in [5.41, 5.74) is 1.92. The molecular weight excluding hydrogens is 342 g/mol. The Balaban J connectivity index is 1.96. The number of carbonyl (C=O) groups is 1. The maximum atomic E-state index is 12.7. The largest absolute Gasteiger partial charge is 0.497 e. The van der Waals surface area contributed by atoms with Gasteiger partial charge in [0.15, 0.2) is 0 Å². The number of anilines is 1. The van der Waals surface area contributed by atoms with Crippen LogP contribution in [-0.2, 0) is 0 Å². The summed E-state index contributed by atoms with van der Waals surface area (Å²) in [6.07, 6.45) is 0. The van der Waals surface area contributed by atoms with E-state index < -0.39 is 0 Å². The predicted molar refractivity (Wildman–Crippen MR) is 102 cm³/mol. The Labute approximate surface area is 150 Å². The first-order valence-electron chi connectivity index (χ1n) is 7.67. The van der Waals surface area contributed by atoms with Crippen molar-refractivity contribution in [1.29, 1.82) is 0 Å². The molecule has 3 rings (SSSR count). The van der Waals surface area contributed by atoms with Crippen LogP contribution in [0.4, 0.5) is 5.69 Å². The van der Waals surface area contributed by atoms with Crippen molar-refractivity contribution >= 4 is 44.6 Å². The zero-order chi connectivity index (χ0) is 17.3. The molecule has 0 saturated carbocycles. The van der Waals surface area contributed by atoms with Crippen LogP contribution in [0, 0.1) is 0 Å². The van der Waals surface area contributed by atoms with Crippen LogP contribution in [0.2, 0.25) is 5.02 Å². The van der Waals surface area contributed by atoms with Crippen LogP contribution in [0.15, 0.2) is 42.5 Å². The van der Waals surface area contributed by atoms with Crippen LogP contribution in [-0.4, -0.2) is 13.0 Å². The Morgan fingerprint density at radius 3 is 2.67 bits per heavy atom. The minimum absolute atomic E-state index is 0.187. The van der Waals surface area contributed by atoms with Crippen molar-refractivity contribution in [2.75, 3.05) is 12.4 Å². The van der Waals surface area contributed by atoms with E-state index in [4.69, 9.17) is 16.3 Å². The molecular formula is C19H18ClNO2S. The van der Waals surface area contributed by atoms with Crippen molar-refractivity contribution in [2.45, 2.75) is 19.8 Å². The van der Waals surface area contributed by atoms with Gasteiger partial charge in [-0.25, -0.2) is 0 Å². The standard InChI is InChI=1S/C19H18ClNO2S/c1-11(2)13-6-4-5-7-15(13)21-19(22)18-17(20)14-9-8-12(23-3)10-16(14)24-18/h4-11H,1-3H3,(H,21,22). The molecule has 2 aromatic carbocycles. The van der Waals surface area contributed by atoms with Crippen LogP contribution < -0.4 is 10.1 Å². The molecule has 3 aromatic rings. The van der Waals surface area contributed by atoms with Crippen LogP contribution >= 0.6 is 22.9 Å². The van der Waals surface area contributed by atoms with Gasteiger partial charge in [0.05, 0.1) is 12.1 Å². The Kier molecular flexibility index (Phi) is 4.78. The number of nitrogens with one attached hydrogen (secondary N) is 1. The normalized spacial score (nSPS) is 11.0. The second-order valence-corrected chi connectivity index (χ2v) is 7.23. The van der Waals surface area contributed by atoms with Gasteiger partial charge in [0, 0.05) is 15.8 Å². The average Bonchev–Trinajstić information content (AvgIpc) is 2.91. The highest BCUT2D eigenvalue weighted by molar-refractivity contribution is 7.21. The highest BCUT2D eigenvalue weighted by atomic mass is 35.5. The summed E-state index contributed by atoms with van der Waals surface area (Å²) in [7, 11) is 1.62. The summed E-state index contributed by atoms with van der Waals surface area (Å²) in [4.78, 5) is 13.2. The maximum absolute atomic E-state index is 12.7. The smallest absolute Gasteiger partial charge is 0.267 e. The first-order chi connectivity index (χ1) is 11.5. The summed E-state index contributed by atoms with van der Waals surface area (Å²) in [6, 6.07) is 13.4. The van der Waals surface area contributed by atoms with Crippen molar-refractivity contribution in [3.8, 4) is 5.75 Å². The van der Waals surface area contributed by atoms with Crippen molar-refractivity contribution < 1.29 is 9.53 Å². The van der Waals surface area contributed by atoms with E-state index in [0.29, 0.717) is 15.8 Å². The molecule has 3 nitrogen and oxygen atoms in total. The van der Waals surface area contributed by atoms with E-state index in [1.54, 1.807) is 7.11 Å². The van der Waals surface area contributed by atoms with Crippen LogP contribution in [0.5, 0.6) is 5.75 Å². The number of halogens is 1. The molecule has 0 radical (unpaired) electrons. The van der Waals surface area contributed by atoms with Crippen LogP contribution in [0.3, 0.4) is 0 Å². The molecule has 24 heavy (non-hydrogen) atoms. The third kappa shape index (κ3) is 3.12. The van der Waals surface area contributed by atoms with Gasteiger partial charge in [-0.2, -0.15) is 0 Å². The number of fused-ring (bicyclic) bond motifs is 1. The molecule has 1 amide bonds. The minimum atomic E-state index is -0.187. The Morgan fingerprint density at radius 2 is 1.96 bits per heavy atom. The molecule has 1 aromatic heterocycles. The van der Waals surface area contributed by atoms with Crippen molar-refractivity contribution in [2.24, 2.45) is 0 Å². The topological polar surface area (TPSA) is 38.3 Å². The van der Waals surface area contributed by atoms with Gasteiger partial charge in [-0.15, -0.1) is 11.3 Å². The lowest BCUT2D eigenvalue weighted by Gasteiger charge is -2.13. The lowest BCUT2D eigenvalue weighted by Crippen LogP contribution is -2.12. The highest BCUT2D eigenvalue weighted by Gasteiger charge is 2.19. The molecule has 1 N–H and O–H groups in total. The fourth-order valence-electron chi connectivity index (χ4n) is 2.61. The Hall–Kier alpha value is -2.04. The lowest BCUT2D eigenvalue weighted by atomic mass is 10.0. The molecule has 0 aliphatic rings. The molecule has 0 aliphatic heterocycles. The Morgan fingerprint density at radius 1 is 1.21 bits per heavy atom. The second-order valence-electron chi connectivity index (χ2n) is 5.80. The van der Waals surface area contributed by atoms with Gasteiger partial charge in [0.25, 0.3) is 5.91 Å². The summed E-state index contributed by atoms with van der Waals surface area (Å²) < 4.78 is 6.16. The number of rotatable bonds is 4. The van der Waals surface area contributed by atoms with Gasteiger partial charge < -0.3 is 10.1 Å². The number of benzene rings is 2. The molecule has 0 unspecified atom stereocenters. The SMILES string of the molecule is COc1ccc2c(Cl)c(C(=O)Nc3ccccc3C(C)C)sc2c1. The van der Waals surface area contributed by atoms with E-state index in [2.05, 4.69) is 19.2 Å². The lowest BCUT2D eigenvalue weighted by molar-refractivity contribution is 0.103. The molecule has 0 spiro atoms. The van der Waals surface area contributed by atoms with Crippen LogP contribution in [0.25, 0.3) is 10.1 Å². The zero-order valence-electron chi connectivity index (χ0n) is 13.7. The van der Waals surface area contributed by atoms with Crippen LogP contribution in [0.1, 0.15) is 35.0 Å². The van der Waals surface area contributed by atoms with E-state index in [-0.39, 0.29) is 5.91 Å². The quantitative estimate of drug-likeness (QED) is 0.626. The second kappa shape index (κ2) is 6.83. The van der Waals surface area contributed by atoms with Crippen molar-refractivity contribution in [1.82, 2.24) is 0 Å². The van der Waals surface area contributed by atoms with E-state index in [0.717, 1.165) is 27.1 Å². The predicted octanol–water partition coefficient (Wildman–Crippen LogP) is 5.94. The fraction of sp³-hybridized carbons (Fsp3) is 0.211. The average molecular weight is 360 g/mol. The number of hydrogen-bond donors (Lipinski definition) is 1. The van der Waals surface area contributed by atoms with Gasteiger partial charge in [0.2, 0.25) is 0 Å². The van der Waals surface area contributed by atoms with Gasteiger partial charge in [-0.1, -0.05) is 43.6 Å². The summed E-state index contributed by atoms with van der Waals surface area (Å²) >= 11 is 7.80. The van der Waals surface area contributed by atoms with Gasteiger partial charge in [-0.3, -0.25) is 4.79 Å². The van der Waals surface area contributed by atoms with E-state index in [1.165, 1.54) is 11.3 Å². The number of carbonyl (C=O) groups excluding carboxylic acids is 1. The molecule has 1 heterocycles. The molecule has 0 fully saturated rings. The molecule has 0 bridgehead atoms. The van der Waals surface area contributed by atoms with E-state index in [9.17, 15) is 4.79 Å². The number of amides is 1. The number of ether oxygens (including phenoxy) is 1. The Bertz CT molecular complexity index is 902. The van der Waals surface area contributed by atoms with Crippen molar-refractivity contribution in [3.05, 3.63) is 57.9 Å². The van der Waals surface area contributed by atoms with Crippen molar-refractivity contribution in [3.63, 3.8) is 0 Å². The van der Waals surface area contributed by atoms with E-state index in [1.807, 2.05) is 42.5 Å². The number of thiophene rings is 1. The summed E-state index contributed by atoms with van der Waals surface area (Å²) in [5, 5.41) is 4.34. The number of hydrogen-bond acceptors (Lipinski definition) is 3. The number of para-hydroxylation sites is 1. The molecule has 0 aliphatic carbocycles. The van der Waals surface area contributed by atoms with Gasteiger partial charge in [-0.05, 0) is 35.7 Å². The number of methoxy groups -OCH3 is 1. The minimum Gasteiger partial charge on any atom is -0.497 e. The molecule has 5 heteroatoms. The van der Waals surface area contributed by atoms with Gasteiger partial charge in [0.1, 0.15) is 10.6 Å². The third-order valence-electron chi connectivity index (χ3n) is 3.87. The maximum Gasteiger partial charge on any atom is 0.267 e. The fourth-order valence-corrected chi connectivity index (χ4v) is 4.05. The monoisotopic (exact) mass is 359 g/mol. The van der Waals surface area contributed by atoms with E-state index >= 15 is 0 Å². The summed E-state index contributed by atoms with van der Waals surface area (Å²) in [5.74, 6) is 0.884. The first-order valence-corrected chi connectivity index (χ1v) is 8.87. The summed E-state index contributed by atoms with van der Waals surface area (Å²) in [6.45, 7) is 4.20. The zero-order valence-corrected chi connectivity index (χ0v) is 15.3. The molecule has 0 saturated heterocycles. The molecule has 0 atom stereocenters. The van der Waals surface area contributed by atoms with Gasteiger partial charge >= 0.3 is 0 Å². The third-order valence-corrected chi connectivity index (χ3v) is 5.53. The molecule has 124 valence electrons. The first kappa shape index (κ1) is 16.8. The highest BCUT2D eigenvalue weighted by Crippen LogP contribution is 2.38.